The molecule has 1 heterocycles. The van der Waals surface area contributed by atoms with Crippen LogP contribution in [0.3, 0.4) is 0 Å². The van der Waals surface area contributed by atoms with Crippen LogP contribution in [0.5, 0.6) is 0 Å². The molecule has 1 aromatic carbocycles. The molecule has 2 N–H and O–H groups in total. The van der Waals surface area contributed by atoms with Gasteiger partial charge in [-0.3, -0.25) is 0 Å². The van der Waals surface area contributed by atoms with Crippen LogP contribution in [0, 0.1) is 0 Å². The van der Waals surface area contributed by atoms with Crippen molar-refractivity contribution >= 4 is 40.6 Å². The van der Waals surface area contributed by atoms with E-state index in [0.717, 1.165) is 10.6 Å². The molecule has 2 aromatic rings. The Morgan fingerprint density at radius 1 is 1.45 bits per heavy atom. The number of hydrogen-bond acceptors (Lipinski definition) is 3. The number of halogens is 2. The lowest BCUT2D eigenvalue weighted by Gasteiger charge is -2.16. The van der Waals surface area contributed by atoms with Gasteiger partial charge in [0.15, 0.2) is 0 Å². The van der Waals surface area contributed by atoms with Crippen LogP contribution >= 0.6 is 34.5 Å². The Balaban J connectivity index is 1.92. The maximum atomic E-state index is 11.8. The van der Waals surface area contributed by atoms with Gasteiger partial charge >= 0.3 is 6.03 Å². The SMILES string of the molecule is C[C@H](NC(=O)NCc1nccs1)c1cccc(Cl)c1Cl. The van der Waals surface area contributed by atoms with Crippen molar-refractivity contribution in [3.63, 3.8) is 0 Å². The van der Waals surface area contributed by atoms with Crippen LogP contribution in [0.25, 0.3) is 0 Å². The molecule has 0 unspecified atom stereocenters. The molecule has 0 fully saturated rings. The number of nitrogens with zero attached hydrogens (tertiary/aromatic N) is 1. The summed E-state index contributed by atoms with van der Waals surface area (Å²) < 4.78 is 0. The number of aromatic nitrogens is 1. The fourth-order valence-electron chi connectivity index (χ4n) is 1.68. The van der Waals surface area contributed by atoms with Crippen LogP contribution < -0.4 is 10.6 Å². The Kier molecular flexibility index (Phi) is 5.23. The number of carbonyl (C=O) groups excluding carboxylic acids is 1. The maximum absolute atomic E-state index is 11.8. The van der Waals surface area contributed by atoms with Crippen molar-refractivity contribution < 1.29 is 4.79 Å². The number of amides is 2. The molecular weight excluding hydrogens is 317 g/mol. The van der Waals surface area contributed by atoms with Crippen molar-refractivity contribution in [2.24, 2.45) is 0 Å². The minimum absolute atomic E-state index is 0.238. The molecule has 0 saturated heterocycles. The number of rotatable bonds is 4. The molecule has 0 aliphatic heterocycles. The van der Waals surface area contributed by atoms with Crippen LogP contribution in [0.1, 0.15) is 23.5 Å². The first-order valence-electron chi connectivity index (χ1n) is 5.94. The summed E-state index contributed by atoms with van der Waals surface area (Å²) in [6.07, 6.45) is 1.70. The Hall–Kier alpha value is -1.30. The highest BCUT2D eigenvalue weighted by Gasteiger charge is 2.14. The van der Waals surface area contributed by atoms with E-state index in [4.69, 9.17) is 23.2 Å². The third kappa shape index (κ3) is 3.85. The van der Waals surface area contributed by atoms with E-state index in [-0.39, 0.29) is 12.1 Å². The third-order valence-corrected chi connectivity index (χ3v) is 4.29. The minimum atomic E-state index is -0.274. The lowest BCUT2D eigenvalue weighted by atomic mass is 10.1. The molecule has 0 bridgehead atoms. The van der Waals surface area contributed by atoms with Gasteiger partial charge in [-0.1, -0.05) is 35.3 Å². The van der Waals surface area contributed by atoms with Gasteiger partial charge in [0.05, 0.1) is 22.6 Å². The molecule has 2 rings (SSSR count). The van der Waals surface area contributed by atoms with Crippen molar-refractivity contribution in [1.82, 2.24) is 15.6 Å². The summed E-state index contributed by atoms with van der Waals surface area (Å²) >= 11 is 13.6. The van der Waals surface area contributed by atoms with Gasteiger partial charge in [0.25, 0.3) is 0 Å². The predicted octanol–water partition coefficient (Wildman–Crippen LogP) is 4.01. The van der Waals surface area contributed by atoms with E-state index in [2.05, 4.69) is 15.6 Å². The lowest BCUT2D eigenvalue weighted by molar-refractivity contribution is 0.237. The Bertz CT molecular complexity index is 589. The van der Waals surface area contributed by atoms with Gasteiger partial charge in [-0.2, -0.15) is 0 Å². The van der Waals surface area contributed by atoms with Gasteiger partial charge in [-0.05, 0) is 18.6 Å². The largest absolute Gasteiger partial charge is 0.332 e. The molecule has 7 heteroatoms. The summed E-state index contributed by atoms with van der Waals surface area (Å²) in [6, 6.07) is 4.83. The lowest BCUT2D eigenvalue weighted by Crippen LogP contribution is -2.36. The molecule has 0 radical (unpaired) electrons. The van der Waals surface area contributed by atoms with Crippen molar-refractivity contribution in [2.75, 3.05) is 0 Å². The summed E-state index contributed by atoms with van der Waals surface area (Å²) in [7, 11) is 0. The van der Waals surface area contributed by atoms with Gasteiger partial charge in [-0.25, -0.2) is 9.78 Å². The van der Waals surface area contributed by atoms with E-state index in [1.54, 1.807) is 18.3 Å². The second-order valence-electron chi connectivity index (χ2n) is 4.12. The van der Waals surface area contributed by atoms with Crippen LogP contribution in [0.2, 0.25) is 10.0 Å². The fourth-order valence-corrected chi connectivity index (χ4v) is 2.70. The molecule has 0 saturated carbocycles. The number of nitrogens with one attached hydrogen (secondary N) is 2. The van der Waals surface area contributed by atoms with Gasteiger partial charge in [0.2, 0.25) is 0 Å². The Morgan fingerprint density at radius 3 is 2.95 bits per heavy atom. The van der Waals surface area contributed by atoms with Gasteiger partial charge in [-0.15, -0.1) is 11.3 Å². The quantitative estimate of drug-likeness (QED) is 0.890. The number of benzene rings is 1. The second-order valence-corrected chi connectivity index (χ2v) is 5.88. The summed E-state index contributed by atoms with van der Waals surface area (Å²) in [5, 5.41) is 9.20. The van der Waals surface area contributed by atoms with E-state index < -0.39 is 0 Å². The summed E-state index contributed by atoms with van der Waals surface area (Å²) in [5.41, 5.74) is 0.781. The van der Waals surface area contributed by atoms with Crippen LogP contribution in [-0.4, -0.2) is 11.0 Å². The van der Waals surface area contributed by atoms with E-state index in [1.807, 2.05) is 18.4 Å². The molecular formula is C13H13Cl2N3OS. The molecule has 4 nitrogen and oxygen atoms in total. The monoisotopic (exact) mass is 329 g/mol. The standard InChI is InChI=1S/C13H13Cl2N3OS/c1-8(9-3-2-4-10(14)12(9)15)18-13(19)17-7-11-16-5-6-20-11/h2-6,8H,7H2,1H3,(H2,17,18,19)/t8-/m0/s1. The van der Waals surface area contributed by atoms with Crippen molar-refractivity contribution in [3.05, 3.63) is 50.4 Å². The highest BCUT2D eigenvalue weighted by Crippen LogP contribution is 2.29. The number of thiazole rings is 1. The zero-order valence-corrected chi connectivity index (χ0v) is 13.0. The Labute approximate surface area is 131 Å². The first-order chi connectivity index (χ1) is 9.58. The molecule has 106 valence electrons. The molecule has 0 aliphatic carbocycles. The number of hydrogen-bond donors (Lipinski definition) is 2. The maximum Gasteiger partial charge on any atom is 0.315 e. The van der Waals surface area contributed by atoms with E-state index in [1.165, 1.54) is 11.3 Å². The second kappa shape index (κ2) is 6.92. The molecule has 20 heavy (non-hydrogen) atoms. The Morgan fingerprint density at radius 2 is 2.25 bits per heavy atom. The van der Waals surface area contributed by atoms with Gasteiger partial charge in [0.1, 0.15) is 5.01 Å². The molecule has 2 amide bonds. The molecule has 0 spiro atoms. The van der Waals surface area contributed by atoms with Crippen LogP contribution in [0.15, 0.2) is 29.8 Å². The molecule has 1 aromatic heterocycles. The first kappa shape index (κ1) is 15.1. The summed E-state index contributed by atoms with van der Waals surface area (Å²) in [6.45, 7) is 2.25. The van der Waals surface area contributed by atoms with Crippen molar-refractivity contribution in [3.8, 4) is 0 Å². The van der Waals surface area contributed by atoms with Crippen molar-refractivity contribution in [2.45, 2.75) is 19.5 Å². The normalized spacial score (nSPS) is 11.9. The average molecular weight is 330 g/mol. The van der Waals surface area contributed by atoms with E-state index >= 15 is 0 Å². The topological polar surface area (TPSA) is 54.0 Å². The van der Waals surface area contributed by atoms with Crippen LogP contribution in [-0.2, 0) is 6.54 Å². The smallest absolute Gasteiger partial charge is 0.315 e. The van der Waals surface area contributed by atoms with Gasteiger partial charge in [0, 0.05) is 11.6 Å². The summed E-state index contributed by atoms with van der Waals surface area (Å²) in [5.74, 6) is 0. The van der Waals surface area contributed by atoms with Gasteiger partial charge < -0.3 is 10.6 Å². The van der Waals surface area contributed by atoms with E-state index in [9.17, 15) is 4.79 Å². The first-order valence-corrected chi connectivity index (χ1v) is 7.58. The predicted molar refractivity (Wildman–Crippen MR) is 82.4 cm³/mol. The highest BCUT2D eigenvalue weighted by atomic mass is 35.5. The zero-order chi connectivity index (χ0) is 14.5. The minimum Gasteiger partial charge on any atom is -0.332 e. The highest BCUT2D eigenvalue weighted by molar-refractivity contribution is 7.09. The van der Waals surface area contributed by atoms with Crippen LogP contribution in [0.4, 0.5) is 4.79 Å². The average Bonchev–Trinajstić information content (AvgIpc) is 2.92. The summed E-state index contributed by atoms with van der Waals surface area (Å²) in [4.78, 5) is 15.9. The number of urea groups is 1. The molecule has 1 atom stereocenters. The van der Waals surface area contributed by atoms with Crippen molar-refractivity contribution in [1.29, 1.82) is 0 Å². The third-order valence-electron chi connectivity index (χ3n) is 2.68. The van der Waals surface area contributed by atoms with E-state index in [0.29, 0.717) is 16.6 Å². The molecule has 0 aliphatic rings. The zero-order valence-electron chi connectivity index (χ0n) is 10.7. The number of carbonyl (C=O) groups is 1. The fraction of sp³-hybridized carbons (Fsp3) is 0.231.